The van der Waals surface area contributed by atoms with Gasteiger partial charge in [0.2, 0.25) is 0 Å². The van der Waals surface area contributed by atoms with E-state index in [-0.39, 0.29) is 11.9 Å². The van der Waals surface area contributed by atoms with Crippen LogP contribution in [0.25, 0.3) is 28.4 Å². The molecule has 4 atom stereocenters. The molecule has 0 aliphatic carbocycles. The summed E-state index contributed by atoms with van der Waals surface area (Å²) in [5.74, 6) is 0.882. The fraction of sp³-hybridized carbons (Fsp3) is 0.417. The SMILES string of the molecule is CNC(=O)[C@H]1O[C@@H](n2cnc3c(NC4CN(C)C4)nc(-c4cn(-c5cccc(OC)c5)nn4)nc32)[C@H](O)[C@@H]1O. The molecule has 2 fully saturated rings. The molecule has 5 heterocycles. The second kappa shape index (κ2) is 9.85. The number of ether oxygens (including phenoxy) is 2. The molecule has 204 valence electrons. The van der Waals surface area contributed by atoms with Gasteiger partial charge in [-0.1, -0.05) is 11.3 Å². The van der Waals surface area contributed by atoms with Crippen LogP contribution in [0.5, 0.6) is 5.75 Å². The summed E-state index contributed by atoms with van der Waals surface area (Å²) in [5.41, 5.74) is 1.92. The van der Waals surface area contributed by atoms with Gasteiger partial charge in [-0.25, -0.2) is 19.6 Å². The Bertz CT molecular complexity index is 1520. The maximum Gasteiger partial charge on any atom is 0.251 e. The maximum atomic E-state index is 12.2. The topological polar surface area (TPSA) is 178 Å². The first kappa shape index (κ1) is 25.1. The van der Waals surface area contributed by atoms with E-state index in [1.165, 1.54) is 17.9 Å². The molecule has 15 heteroatoms. The third-order valence-corrected chi connectivity index (χ3v) is 6.88. The Labute approximate surface area is 222 Å². The van der Waals surface area contributed by atoms with Crippen LogP contribution in [0.3, 0.4) is 0 Å². The maximum absolute atomic E-state index is 12.2. The molecule has 39 heavy (non-hydrogen) atoms. The molecule has 0 bridgehead atoms. The van der Waals surface area contributed by atoms with Gasteiger partial charge in [-0.2, -0.15) is 0 Å². The highest BCUT2D eigenvalue weighted by Crippen LogP contribution is 2.34. The Hall–Kier alpha value is -4.18. The van der Waals surface area contributed by atoms with E-state index in [2.05, 4.69) is 30.8 Å². The number of benzene rings is 1. The summed E-state index contributed by atoms with van der Waals surface area (Å²) in [7, 11) is 5.05. The van der Waals surface area contributed by atoms with Crippen molar-refractivity contribution in [1.29, 1.82) is 0 Å². The molecule has 2 aliphatic rings. The third kappa shape index (κ3) is 4.44. The predicted molar refractivity (Wildman–Crippen MR) is 137 cm³/mol. The molecular formula is C24H28N10O5. The summed E-state index contributed by atoms with van der Waals surface area (Å²) in [4.78, 5) is 28.2. The van der Waals surface area contributed by atoms with Gasteiger partial charge in [0.1, 0.15) is 18.0 Å². The highest BCUT2D eigenvalue weighted by atomic mass is 16.6. The van der Waals surface area contributed by atoms with Crippen LogP contribution in [0.4, 0.5) is 5.82 Å². The molecule has 1 aromatic carbocycles. The minimum Gasteiger partial charge on any atom is -0.497 e. The number of imidazole rings is 1. The number of nitrogens with zero attached hydrogens (tertiary/aromatic N) is 8. The van der Waals surface area contributed by atoms with Crippen LogP contribution in [0, 0.1) is 0 Å². The Morgan fingerprint density at radius 2 is 2.03 bits per heavy atom. The van der Waals surface area contributed by atoms with Crippen molar-refractivity contribution < 1.29 is 24.5 Å². The molecular weight excluding hydrogens is 508 g/mol. The van der Waals surface area contributed by atoms with Gasteiger partial charge in [0.15, 0.2) is 40.8 Å². The lowest BCUT2D eigenvalue weighted by atomic mass is 10.1. The number of hydrogen-bond donors (Lipinski definition) is 4. The zero-order valence-corrected chi connectivity index (χ0v) is 21.5. The summed E-state index contributed by atoms with van der Waals surface area (Å²) < 4.78 is 14.2. The molecule has 0 saturated carbocycles. The van der Waals surface area contributed by atoms with Crippen LogP contribution >= 0.6 is 0 Å². The number of aliphatic hydroxyl groups is 2. The first-order chi connectivity index (χ1) is 18.9. The van der Waals surface area contributed by atoms with E-state index in [0.717, 1.165) is 18.8 Å². The average molecular weight is 537 g/mol. The number of hydrogen-bond acceptors (Lipinski definition) is 12. The summed E-state index contributed by atoms with van der Waals surface area (Å²) in [5, 5.41) is 35.6. The molecule has 3 aromatic heterocycles. The minimum absolute atomic E-state index is 0.159. The average Bonchev–Trinajstić information content (AvgIpc) is 3.66. The number of carbonyl (C=O) groups excluding carboxylic acids is 1. The molecule has 0 unspecified atom stereocenters. The number of methoxy groups -OCH3 is 1. The molecule has 0 spiro atoms. The van der Waals surface area contributed by atoms with Crippen molar-refractivity contribution >= 4 is 22.9 Å². The molecule has 4 aromatic rings. The number of likely N-dealkylation sites (N-methyl/N-ethyl adjacent to an activating group) is 2. The molecule has 4 N–H and O–H groups in total. The van der Waals surface area contributed by atoms with Crippen LogP contribution in [0.2, 0.25) is 0 Å². The number of nitrogens with one attached hydrogen (secondary N) is 2. The zero-order valence-electron chi connectivity index (χ0n) is 21.5. The van der Waals surface area contributed by atoms with Gasteiger partial charge in [0, 0.05) is 26.2 Å². The van der Waals surface area contributed by atoms with Gasteiger partial charge in [0.25, 0.3) is 5.91 Å². The summed E-state index contributed by atoms with van der Waals surface area (Å²) >= 11 is 0. The van der Waals surface area contributed by atoms with Crippen LogP contribution in [-0.4, -0.2) is 114 Å². The first-order valence-corrected chi connectivity index (χ1v) is 12.4. The molecule has 2 aliphatic heterocycles. The lowest BCUT2D eigenvalue weighted by molar-refractivity contribution is -0.137. The monoisotopic (exact) mass is 536 g/mol. The zero-order chi connectivity index (χ0) is 27.3. The summed E-state index contributed by atoms with van der Waals surface area (Å²) in [6, 6.07) is 7.53. The molecule has 0 radical (unpaired) electrons. The normalized spacial score (nSPS) is 23.6. The molecule has 15 nitrogen and oxygen atoms in total. The second-order valence-corrected chi connectivity index (χ2v) is 9.57. The Morgan fingerprint density at radius 1 is 1.21 bits per heavy atom. The smallest absolute Gasteiger partial charge is 0.251 e. The predicted octanol–water partition coefficient (Wildman–Crippen LogP) is -0.826. The standard InChI is InChI=1S/C24H28N10O5/c1-25-23(37)19-17(35)18(36)24(39-19)33-11-26-16-21(27-12-8-32(2)9-12)28-20(29-22(16)33)15-10-34(31-30-15)13-5-4-6-14(7-13)38-3/h4-7,10-12,17-19,24,35-36H,8-9H2,1-3H3,(H,25,37)(H,27,28,29)/t17-,18+,19-,24+/m0/s1. The number of aromatic nitrogens is 7. The van der Waals surface area contributed by atoms with Crippen molar-refractivity contribution in [1.82, 2.24) is 44.7 Å². The van der Waals surface area contributed by atoms with E-state index >= 15 is 0 Å². The van der Waals surface area contributed by atoms with Crippen LogP contribution in [-0.2, 0) is 9.53 Å². The fourth-order valence-electron chi connectivity index (χ4n) is 4.80. The van der Waals surface area contributed by atoms with Crippen molar-refractivity contribution in [3.8, 4) is 23.0 Å². The van der Waals surface area contributed by atoms with E-state index < -0.39 is 30.4 Å². The lowest BCUT2D eigenvalue weighted by Crippen LogP contribution is -2.52. The van der Waals surface area contributed by atoms with Gasteiger partial charge in [-0.05, 0) is 19.2 Å². The van der Waals surface area contributed by atoms with Gasteiger partial charge >= 0.3 is 0 Å². The van der Waals surface area contributed by atoms with Gasteiger partial charge in [0.05, 0.1) is 31.4 Å². The highest BCUT2D eigenvalue weighted by molar-refractivity contribution is 5.85. The minimum atomic E-state index is -1.43. The van der Waals surface area contributed by atoms with Crippen LogP contribution in [0.1, 0.15) is 6.23 Å². The van der Waals surface area contributed by atoms with Gasteiger partial charge in [-0.3, -0.25) is 9.36 Å². The summed E-state index contributed by atoms with van der Waals surface area (Å²) in [6.45, 7) is 1.66. The molecule has 6 rings (SSSR count). The van der Waals surface area contributed by atoms with E-state index in [0.29, 0.717) is 28.4 Å². The fourth-order valence-corrected chi connectivity index (χ4v) is 4.80. The summed E-state index contributed by atoms with van der Waals surface area (Å²) in [6.07, 6.45) is -2.04. The largest absolute Gasteiger partial charge is 0.497 e. The first-order valence-electron chi connectivity index (χ1n) is 12.4. The number of carbonyl (C=O) groups is 1. The van der Waals surface area contributed by atoms with Crippen LogP contribution in [0.15, 0.2) is 36.8 Å². The van der Waals surface area contributed by atoms with E-state index in [1.807, 2.05) is 31.3 Å². The van der Waals surface area contributed by atoms with E-state index in [4.69, 9.17) is 19.4 Å². The van der Waals surface area contributed by atoms with Gasteiger partial charge < -0.3 is 35.2 Å². The Morgan fingerprint density at radius 3 is 2.77 bits per heavy atom. The number of aliphatic hydroxyl groups excluding tert-OH is 2. The third-order valence-electron chi connectivity index (χ3n) is 6.88. The lowest BCUT2D eigenvalue weighted by Gasteiger charge is -2.36. The highest BCUT2D eigenvalue weighted by Gasteiger charge is 2.47. The molecule has 2 saturated heterocycles. The number of amides is 1. The van der Waals surface area contributed by atoms with Crippen molar-refractivity contribution in [2.24, 2.45) is 0 Å². The van der Waals surface area contributed by atoms with Crippen molar-refractivity contribution in [2.75, 3.05) is 39.6 Å². The van der Waals surface area contributed by atoms with E-state index in [9.17, 15) is 15.0 Å². The molecule has 1 amide bonds. The van der Waals surface area contributed by atoms with Crippen LogP contribution < -0.4 is 15.4 Å². The van der Waals surface area contributed by atoms with Crippen molar-refractivity contribution in [3.05, 3.63) is 36.8 Å². The number of rotatable bonds is 7. The number of likely N-dealkylation sites (tertiary alicyclic amines) is 1. The quantitative estimate of drug-likeness (QED) is 0.231. The Kier molecular flexibility index (Phi) is 6.34. The van der Waals surface area contributed by atoms with Crippen molar-refractivity contribution in [3.63, 3.8) is 0 Å². The van der Waals surface area contributed by atoms with E-state index in [1.54, 1.807) is 18.0 Å². The van der Waals surface area contributed by atoms with Crippen molar-refractivity contribution in [2.45, 2.75) is 30.6 Å². The number of fused-ring (bicyclic) bond motifs is 1. The number of anilines is 1. The van der Waals surface area contributed by atoms with Gasteiger partial charge in [-0.15, -0.1) is 5.10 Å². The second-order valence-electron chi connectivity index (χ2n) is 9.57. The Balaban J connectivity index is 1.41.